The molecule has 0 atom stereocenters. The van der Waals surface area contributed by atoms with E-state index >= 15 is 0 Å². The lowest BCUT2D eigenvalue weighted by Gasteiger charge is -2.32. The molecule has 0 bridgehead atoms. The van der Waals surface area contributed by atoms with Gasteiger partial charge in [0, 0.05) is 12.4 Å². The molecule has 0 radical (unpaired) electrons. The minimum absolute atomic E-state index is 0.0880. The van der Waals surface area contributed by atoms with Gasteiger partial charge in [-0.2, -0.15) is 0 Å². The summed E-state index contributed by atoms with van der Waals surface area (Å²) in [6.45, 7) is 3.69. The molecule has 1 aliphatic heterocycles. The Bertz CT molecular complexity index is 626. The van der Waals surface area contributed by atoms with Crippen molar-refractivity contribution in [2.24, 2.45) is 7.05 Å². The largest absolute Gasteiger partial charge is 0.466 e. The third kappa shape index (κ3) is 1.33. The highest BCUT2D eigenvalue weighted by Crippen LogP contribution is 2.36. The zero-order chi connectivity index (χ0) is 12.2. The van der Waals surface area contributed by atoms with E-state index in [9.17, 15) is 4.79 Å². The fourth-order valence-electron chi connectivity index (χ4n) is 2.33. The summed E-state index contributed by atoms with van der Waals surface area (Å²) >= 11 is 0. The van der Waals surface area contributed by atoms with Crippen LogP contribution in [-0.2, 0) is 7.05 Å². The molecule has 0 saturated carbocycles. The second-order valence-electron chi connectivity index (χ2n) is 4.82. The molecule has 3 rings (SSSR count). The standard InChI is InChI=1S/C13H14N2O2/c1-13(2)14-12(16)10-11(17-13)8-6-4-5-7-9(8)15(10)3/h4-7H,1-3H3,(H,14,16). The molecule has 4 nitrogen and oxygen atoms in total. The number of ether oxygens (including phenoxy) is 1. The minimum Gasteiger partial charge on any atom is -0.466 e. The Hall–Kier alpha value is -1.97. The molecule has 0 spiro atoms. The summed E-state index contributed by atoms with van der Waals surface area (Å²) in [6, 6.07) is 7.86. The lowest BCUT2D eigenvalue weighted by atomic mass is 10.2. The molecule has 88 valence electrons. The molecule has 0 fully saturated rings. The lowest BCUT2D eigenvalue weighted by molar-refractivity contribution is 0.0432. The predicted octanol–water partition coefficient (Wildman–Crippen LogP) is 2.04. The second-order valence-corrected chi connectivity index (χ2v) is 4.82. The molecule has 1 aromatic heterocycles. The van der Waals surface area contributed by atoms with E-state index in [0.717, 1.165) is 10.9 Å². The Balaban J connectivity index is 2.37. The van der Waals surface area contributed by atoms with Crippen LogP contribution >= 0.6 is 0 Å². The molecule has 2 aromatic rings. The van der Waals surface area contributed by atoms with Crippen molar-refractivity contribution in [2.75, 3.05) is 0 Å². The van der Waals surface area contributed by atoms with Gasteiger partial charge in [-0.3, -0.25) is 4.79 Å². The van der Waals surface area contributed by atoms with Gasteiger partial charge in [0.15, 0.2) is 17.2 Å². The Kier molecular flexibility index (Phi) is 1.82. The molecule has 1 aliphatic rings. The number of nitrogens with one attached hydrogen (secondary N) is 1. The van der Waals surface area contributed by atoms with Gasteiger partial charge >= 0.3 is 0 Å². The summed E-state index contributed by atoms with van der Waals surface area (Å²) in [7, 11) is 1.88. The first-order chi connectivity index (χ1) is 7.99. The topological polar surface area (TPSA) is 43.3 Å². The summed E-state index contributed by atoms with van der Waals surface area (Å²) in [6.07, 6.45) is 0. The Labute approximate surface area is 99.2 Å². The number of nitrogens with zero attached hydrogens (tertiary/aromatic N) is 1. The highest BCUT2D eigenvalue weighted by atomic mass is 16.5. The van der Waals surface area contributed by atoms with Crippen LogP contribution in [0.1, 0.15) is 24.3 Å². The predicted molar refractivity (Wildman–Crippen MR) is 65.1 cm³/mol. The Morgan fingerprint density at radius 2 is 2.00 bits per heavy atom. The highest BCUT2D eigenvalue weighted by molar-refractivity contribution is 6.05. The number of aryl methyl sites for hydroxylation is 1. The summed E-state index contributed by atoms with van der Waals surface area (Å²) in [5, 5.41) is 3.81. The molecule has 0 aliphatic carbocycles. The van der Waals surface area contributed by atoms with Gasteiger partial charge in [-0.25, -0.2) is 0 Å². The zero-order valence-electron chi connectivity index (χ0n) is 10.1. The fraction of sp³-hybridized carbons (Fsp3) is 0.308. The number of para-hydroxylation sites is 1. The van der Waals surface area contributed by atoms with Crippen LogP contribution in [-0.4, -0.2) is 16.2 Å². The van der Waals surface area contributed by atoms with Crippen molar-refractivity contribution in [3.63, 3.8) is 0 Å². The summed E-state index contributed by atoms with van der Waals surface area (Å²) in [4.78, 5) is 12.1. The van der Waals surface area contributed by atoms with Gasteiger partial charge in [-0.15, -0.1) is 0 Å². The number of rotatable bonds is 0. The van der Waals surface area contributed by atoms with Crippen LogP contribution in [0, 0.1) is 0 Å². The SMILES string of the molecule is Cn1c2c(c3ccccc31)OC(C)(C)NC2=O. The van der Waals surface area contributed by atoms with E-state index in [1.807, 2.05) is 49.7 Å². The van der Waals surface area contributed by atoms with Gasteiger partial charge < -0.3 is 14.6 Å². The molecule has 1 amide bonds. The first-order valence-corrected chi connectivity index (χ1v) is 5.58. The number of hydrogen-bond acceptors (Lipinski definition) is 2. The van der Waals surface area contributed by atoms with Crippen LogP contribution in [0.5, 0.6) is 5.75 Å². The number of aromatic nitrogens is 1. The maximum atomic E-state index is 12.1. The minimum atomic E-state index is -0.659. The number of hydrogen-bond donors (Lipinski definition) is 1. The van der Waals surface area contributed by atoms with Gasteiger partial charge in [0.1, 0.15) is 0 Å². The molecule has 17 heavy (non-hydrogen) atoms. The molecule has 0 saturated heterocycles. The third-order valence-electron chi connectivity index (χ3n) is 3.05. The van der Waals surface area contributed by atoms with Crippen molar-refractivity contribution >= 4 is 16.8 Å². The van der Waals surface area contributed by atoms with Crippen LogP contribution in [0.4, 0.5) is 0 Å². The Morgan fingerprint density at radius 1 is 1.29 bits per heavy atom. The van der Waals surface area contributed by atoms with E-state index in [-0.39, 0.29) is 5.91 Å². The molecule has 1 N–H and O–H groups in total. The smallest absolute Gasteiger partial charge is 0.274 e. The van der Waals surface area contributed by atoms with Crippen LogP contribution in [0.3, 0.4) is 0 Å². The number of fused-ring (bicyclic) bond motifs is 3. The van der Waals surface area contributed by atoms with Gasteiger partial charge in [-0.1, -0.05) is 12.1 Å². The van der Waals surface area contributed by atoms with Crippen molar-refractivity contribution < 1.29 is 9.53 Å². The maximum absolute atomic E-state index is 12.1. The fourth-order valence-corrected chi connectivity index (χ4v) is 2.33. The maximum Gasteiger partial charge on any atom is 0.274 e. The first kappa shape index (κ1) is 10.2. The van der Waals surface area contributed by atoms with E-state index < -0.39 is 5.72 Å². The van der Waals surface area contributed by atoms with Gasteiger partial charge in [0.25, 0.3) is 5.91 Å². The molecular formula is C13H14N2O2. The van der Waals surface area contributed by atoms with Gasteiger partial charge in [0.2, 0.25) is 0 Å². The summed E-state index contributed by atoms with van der Waals surface area (Å²) in [5.74, 6) is 0.590. The second kappa shape index (κ2) is 3.03. The number of amides is 1. The normalized spacial score (nSPS) is 17.5. The zero-order valence-corrected chi connectivity index (χ0v) is 10.1. The highest BCUT2D eigenvalue weighted by Gasteiger charge is 2.35. The van der Waals surface area contributed by atoms with E-state index in [2.05, 4.69) is 5.32 Å². The Morgan fingerprint density at radius 3 is 2.76 bits per heavy atom. The molecule has 4 heteroatoms. The van der Waals surface area contributed by atoms with E-state index in [4.69, 9.17) is 4.74 Å². The van der Waals surface area contributed by atoms with Gasteiger partial charge in [0.05, 0.1) is 5.52 Å². The molecular weight excluding hydrogens is 216 g/mol. The van der Waals surface area contributed by atoms with Crippen LogP contribution < -0.4 is 10.1 Å². The van der Waals surface area contributed by atoms with Crippen molar-refractivity contribution in [3.8, 4) is 5.75 Å². The molecule has 2 heterocycles. The molecule has 0 unspecified atom stereocenters. The van der Waals surface area contributed by atoms with Crippen LogP contribution in [0.15, 0.2) is 24.3 Å². The van der Waals surface area contributed by atoms with Crippen molar-refractivity contribution in [1.29, 1.82) is 0 Å². The summed E-state index contributed by atoms with van der Waals surface area (Å²) < 4.78 is 7.74. The molecule has 1 aromatic carbocycles. The van der Waals surface area contributed by atoms with Crippen molar-refractivity contribution in [1.82, 2.24) is 9.88 Å². The van der Waals surface area contributed by atoms with Crippen LogP contribution in [0.2, 0.25) is 0 Å². The lowest BCUT2D eigenvalue weighted by Crippen LogP contribution is -2.51. The number of carbonyl (C=O) groups excluding carboxylic acids is 1. The van der Waals surface area contributed by atoms with E-state index in [1.54, 1.807) is 0 Å². The number of carbonyl (C=O) groups is 1. The quantitative estimate of drug-likeness (QED) is 0.752. The average Bonchev–Trinajstić information content (AvgIpc) is 2.52. The average molecular weight is 230 g/mol. The van der Waals surface area contributed by atoms with Crippen LogP contribution in [0.25, 0.3) is 10.9 Å². The summed E-state index contributed by atoms with van der Waals surface area (Å²) in [5.41, 5.74) is 0.935. The first-order valence-electron chi connectivity index (χ1n) is 5.58. The third-order valence-corrected chi connectivity index (χ3v) is 3.05. The van der Waals surface area contributed by atoms with Crippen molar-refractivity contribution in [2.45, 2.75) is 19.6 Å². The van der Waals surface area contributed by atoms with Crippen molar-refractivity contribution in [3.05, 3.63) is 30.0 Å². The number of benzene rings is 1. The van der Waals surface area contributed by atoms with Gasteiger partial charge in [-0.05, 0) is 26.0 Å². The van der Waals surface area contributed by atoms with E-state index in [0.29, 0.717) is 11.4 Å². The van der Waals surface area contributed by atoms with E-state index in [1.165, 1.54) is 0 Å². The monoisotopic (exact) mass is 230 g/mol.